The number of hydrogen-bond donors (Lipinski definition) is 1. The van der Waals surface area contributed by atoms with Gasteiger partial charge < -0.3 is 14.6 Å². The van der Waals surface area contributed by atoms with Gasteiger partial charge in [0, 0.05) is 24.8 Å². The maximum atomic E-state index is 13.9. The van der Waals surface area contributed by atoms with Crippen LogP contribution in [0.4, 0.5) is 4.39 Å². The standard InChI is InChI=1S/C18H20FN3O4/c1-11-8-21(9-12(2)26-11)16(23)14-7-20-18(25)22(17(14)24)10-13-5-3-4-6-15(13)19/h3-7,11-12H,8-10H2,1-2H3,(H,20,25). The number of aromatic nitrogens is 2. The molecule has 1 aliphatic heterocycles. The van der Waals surface area contributed by atoms with Crippen LogP contribution in [0.15, 0.2) is 40.1 Å². The van der Waals surface area contributed by atoms with Crippen molar-refractivity contribution in [2.75, 3.05) is 13.1 Å². The second-order valence-electron chi connectivity index (χ2n) is 6.46. The molecule has 2 unspecified atom stereocenters. The second kappa shape index (κ2) is 7.25. The molecule has 0 saturated carbocycles. The Morgan fingerprint density at radius 3 is 2.54 bits per heavy atom. The van der Waals surface area contributed by atoms with E-state index in [1.807, 2.05) is 13.8 Å². The van der Waals surface area contributed by atoms with Crippen LogP contribution in [0.3, 0.4) is 0 Å². The van der Waals surface area contributed by atoms with Crippen molar-refractivity contribution in [2.45, 2.75) is 32.6 Å². The Bertz CT molecular complexity index is 927. The summed E-state index contributed by atoms with van der Waals surface area (Å²) in [7, 11) is 0. The molecule has 7 nitrogen and oxygen atoms in total. The van der Waals surface area contributed by atoms with E-state index in [9.17, 15) is 18.8 Å². The van der Waals surface area contributed by atoms with Crippen LogP contribution < -0.4 is 11.2 Å². The van der Waals surface area contributed by atoms with Crippen molar-refractivity contribution in [2.24, 2.45) is 0 Å². The highest BCUT2D eigenvalue weighted by Crippen LogP contribution is 2.13. The Labute approximate surface area is 149 Å². The normalized spacial score (nSPS) is 20.2. The number of morpholine rings is 1. The van der Waals surface area contributed by atoms with Gasteiger partial charge in [0.2, 0.25) is 0 Å². The summed E-state index contributed by atoms with van der Waals surface area (Å²) in [6.45, 7) is 4.15. The van der Waals surface area contributed by atoms with E-state index < -0.39 is 23.0 Å². The van der Waals surface area contributed by atoms with E-state index in [1.54, 1.807) is 6.07 Å². The van der Waals surface area contributed by atoms with E-state index in [0.29, 0.717) is 13.1 Å². The highest BCUT2D eigenvalue weighted by atomic mass is 19.1. The molecule has 2 heterocycles. The molecule has 1 aliphatic rings. The summed E-state index contributed by atoms with van der Waals surface area (Å²) in [6.07, 6.45) is 0.826. The molecule has 0 aliphatic carbocycles. The van der Waals surface area contributed by atoms with E-state index >= 15 is 0 Å². The van der Waals surface area contributed by atoms with Gasteiger partial charge in [-0.25, -0.2) is 9.18 Å². The number of H-pyrrole nitrogens is 1. The minimum Gasteiger partial charge on any atom is -0.372 e. The number of nitrogens with zero attached hydrogens (tertiary/aromatic N) is 2. The number of rotatable bonds is 3. The van der Waals surface area contributed by atoms with Crippen molar-refractivity contribution in [3.63, 3.8) is 0 Å². The van der Waals surface area contributed by atoms with Crippen molar-refractivity contribution in [3.8, 4) is 0 Å². The number of hydrogen-bond acceptors (Lipinski definition) is 4. The van der Waals surface area contributed by atoms with Crippen LogP contribution in [0.2, 0.25) is 0 Å². The van der Waals surface area contributed by atoms with Crippen LogP contribution in [0.25, 0.3) is 0 Å². The molecule has 1 saturated heterocycles. The van der Waals surface area contributed by atoms with Crippen LogP contribution in [0.1, 0.15) is 29.8 Å². The third kappa shape index (κ3) is 3.60. The lowest BCUT2D eigenvalue weighted by Gasteiger charge is -2.35. The average molecular weight is 361 g/mol. The molecule has 3 rings (SSSR count). The number of amides is 1. The molecule has 0 radical (unpaired) electrons. The maximum absolute atomic E-state index is 13.9. The molecular formula is C18H20FN3O4. The first-order valence-corrected chi connectivity index (χ1v) is 8.37. The lowest BCUT2D eigenvalue weighted by Crippen LogP contribution is -2.50. The molecule has 26 heavy (non-hydrogen) atoms. The van der Waals surface area contributed by atoms with Gasteiger partial charge >= 0.3 is 5.69 Å². The Balaban J connectivity index is 1.95. The Morgan fingerprint density at radius 1 is 1.23 bits per heavy atom. The molecular weight excluding hydrogens is 341 g/mol. The van der Waals surface area contributed by atoms with Crippen LogP contribution >= 0.6 is 0 Å². The number of nitrogens with one attached hydrogen (secondary N) is 1. The van der Waals surface area contributed by atoms with Crippen molar-refractivity contribution in [1.29, 1.82) is 0 Å². The van der Waals surface area contributed by atoms with E-state index in [0.717, 1.165) is 10.8 Å². The van der Waals surface area contributed by atoms with Gasteiger partial charge in [-0.2, -0.15) is 0 Å². The minimum atomic E-state index is -0.742. The summed E-state index contributed by atoms with van der Waals surface area (Å²) >= 11 is 0. The fourth-order valence-corrected chi connectivity index (χ4v) is 3.12. The summed E-state index contributed by atoms with van der Waals surface area (Å²) in [6, 6.07) is 5.87. The van der Waals surface area contributed by atoms with Gasteiger partial charge in [0.1, 0.15) is 11.4 Å². The molecule has 0 bridgehead atoms. The number of halogens is 1. The predicted molar refractivity (Wildman–Crippen MR) is 92.7 cm³/mol. The first-order chi connectivity index (χ1) is 12.4. The molecule has 2 atom stereocenters. The molecule has 138 valence electrons. The van der Waals surface area contributed by atoms with Gasteiger partial charge in [0.05, 0.1) is 18.8 Å². The van der Waals surface area contributed by atoms with Crippen molar-refractivity contribution >= 4 is 5.91 Å². The predicted octanol–water partition coefficient (Wildman–Crippen LogP) is 0.973. The van der Waals surface area contributed by atoms with E-state index in [2.05, 4.69) is 4.98 Å². The molecule has 1 N–H and O–H groups in total. The summed E-state index contributed by atoms with van der Waals surface area (Å²) in [4.78, 5) is 41.4. The van der Waals surface area contributed by atoms with E-state index in [1.165, 1.54) is 23.1 Å². The van der Waals surface area contributed by atoms with Crippen LogP contribution in [-0.4, -0.2) is 45.7 Å². The van der Waals surface area contributed by atoms with Gasteiger partial charge in [0.15, 0.2) is 0 Å². The highest BCUT2D eigenvalue weighted by molar-refractivity contribution is 5.93. The Morgan fingerprint density at radius 2 is 1.88 bits per heavy atom. The van der Waals surface area contributed by atoms with Gasteiger partial charge in [-0.3, -0.25) is 14.2 Å². The quantitative estimate of drug-likeness (QED) is 0.883. The van der Waals surface area contributed by atoms with E-state index in [-0.39, 0.29) is 29.9 Å². The van der Waals surface area contributed by atoms with E-state index in [4.69, 9.17) is 4.74 Å². The third-order valence-corrected chi connectivity index (χ3v) is 4.28. The highest BCUT2D eigenvalue weighted by Gasteiger charge is 2.28. The van der Waals surface area contributed by atoms with Gasteiger partial charge in [-0.05, 0) is 19.9 Å². The zero-order chi connectivity index (χ0) is 18.8. The fraction of sp³-hybridized carbons (Fsp3) is 0.389. The topological polar surface area (TPSA) is 84.4 Å². The molecule has 1 fully saturated rings. The fourth-order valence-electron chi connectivity index (χ4n) is 3.12. The largest absolute Gasteiger partial charge is 0.372 e. The summed E-state index contributed by atoms with van der Waals surface area (Å²) in [5.74, 6) is -0.998. The van der Waals surface area contributed by atoms with Gasteiger partial charge in [-0.15, -0.1) is 0 Å². The number of ether oxygens (including phenoxy) is 1. The Kier molecular flexibility index (Phi) is 5.03. The third-order valence-electron chi connectivity index (χ3n) is 4.28. The minimum absolute atomic E-state index is 0.147. The molecule has 1 aromatic carbocycles. The number of carbonyl (C=O) groups is 1. The smallest absolute Gasteiger partial charge is 0.328 e. The first-order valence-electron chi connectivity index (χ1n) is 8.37. The van der Waals surface area contributed by atoms with Crippen LogP contribution in [0, 0.1) is 5.82 Å². The molecule has 2 aromatic rings. The average Bonchev–Trinajstić information content (AvgIpc) is 2.59. The SMILES string of the molecule is CC1CN(C(=O)c2c[nH]c(=O)n(Cc3ccccc3F)c2=O)CC(C)O1. The molecule has 1 aromatic heterocycles. The number of benzene rings is 1. The van der Waals surface area contributed by atoms with Gasteiger partial charge in [-0.1, -0.05) is 18.2 Å². The molecule has 8 heteroatoms. The zero-order valence-electron chi connectivity index (χ0n) is 14.6. The molecule has 1 amide bonds. The lowest BCUT2D eigenvalue weighted by atomic mass is 10.2. The summed E-state index contributed by atoms with van der Waals surface area (Å²) < 4.78 is 20.3. The van der Waals surface area contributed by atoms with Crippen LogP contribution in [0.5, 0.6) is 0 Å². The number of aromatic amines is 1. The van der Waals surface area contributed by atoms with Crippen LogP contribution in [-0.2, 0) is 11.3 Å². The van der Waals surface area contributed by atoms with Crippen molar-refractivity contribution in [3.05, 3.63) is 68.2 Å². The lowest BCUT2D eigenvalue weighted by molar-refractivity contribution is -0.0586. The summed E-state index contributed by atoms with van der Waals surface area (Å²) in [5.41, 5.74) is -1.40. The second-order valence-corrected chi connectivity index (χ2v) is 6.46. The maximum Gasteiger partial charge on any atom is 0.328 e. The van der Waals surface area contributed by atoms with Gasteiger partial charge in [0.25, 0.3) is 11.5 Å². The number of carbonyl (C=O) groups excluding carboxylic acids is 1. The Hall–Kier alpha value is -2.74. The van der Waals surface area contributed by atoms with Crippen molar-refractivity contribution in [1.82, 2.24) is 14.5 Å². The summed E-state index contributed by atoms with van der Waals surface area (Å²) in [5, 5.41) is 0. The zero-order valence-corrected chi connectivity index (χ0v) is 14.6. The van der Waals surface area contributed by atoms with Crippen molar-refractivity contribution < 1.29 is 13.9 Å². The first kappa shape index (κ1) is 18.1. The molecule has 0 spiro atoms. The monoisotopic (exact) mass is 361 g/mol.